The summed E-state index contributed by atoms with van der Waals surface area (Å²) < 4.78 is 0. The van der Waals surface area contributed by atoms with E-state index in [0.717, 1.165) is 23.7 Å². The molecule has 1 aliphatic rings. The summed E-state index contributed by atoms with van der Waals surface area (Å²) in [6.45, 7) is 5.15. The van der Waals surface area contributed by atoms with Crippen molar-refractivity contribution in [3.05, 3.63) is 29.6 Å². The molecule has 19 heavy (non-hydrogen) atoms. The van der Waals surface area contributed by atoms with Crippen LogP contribution in [0.1, 0.15) is 24.1 Å². The third kappa shape index (κ3) is 4.56. The second kappa shape index (κ2) is 6.98. The highest BCUT2D eigenvalue weighted by atomic mass is 15.1. The Bertz CT molecular complexity index is 368. The summed E-state index contributed by atoms with van der Waals surface area (Å²) in [5.41, 5.74) is 7.81. The zero-order chi connectivity index (χ0) is 13.7. The van der Waals surface area contributed by atoms with Crippen LogP contribution in [0, 0.1) is 5.92 Å². The SMILES string of the molecule is CN1CCC(CN(C)Cc2ccc(CN)cn2)CC1. The molecular formula is C15H26N4. The maximum Gasteiger partial charge on any atom is 0.0544 e. The molecule has 2 N–H and O–H groups in total. The molecule has 0 atom stereocenters. The predicted octanol–water partition coefficient (Wildman–Crippen LogP) is 1.31. The van der Waals surface area contributed by atoms with Gasteiger partial charge in [0.2, 0.25) is 0 Å². The van der Waals surface area contributed by atoms with E-state index in [2.05, 4.69) is 41.0 Å². The first-order chi connectivity index (χ1) is 9.17. The average Bonchev–Trinajstić information content (AvgIpc) is 2.42. The molecule has 1 aromatic rings. The fourth-order valence-electron chi connectivity index (χ4n) is 2.70. The normalized spacial score (nSPS) is 18.1. The summed E-state index contributed by atoms with van der Waals surface area (Å²) in [4.78, 5) is 9.27. The topological polar surface area (TPSA) is 45.4 Å². The summed E-state index contributed by atoms with van der Waals surface area (Å²) in [5, 5.41) is 0. The number of hydrogen-bond donors (Lipinski definition) is 1. The number of piperidine rings is 1. The molecule has 0 amide bonds. The van der Waals surface area contributed by atoms with Crippen molar-refractivity contribution < 1.29 is 0 Å². The molecule has 1 fully saturated rings. The molecule has 0 radical (unpaired) electrons. The lowest BCUT2D eigenvalue weighted by atomic mass is 9.96. The Morgan fingerprint density at radius 2 is 2.11 bits per heavy atom. The molecule has 0 bridgehead atoms. The number of nitrogens with two attached hydrogens (primary N) is 1. The van der Waals surface area contributed by atoms with Gasteiger partial charge < -0.3 is 15.5 Å². The van der Waals surface area contributed by atoms with Crippen LogP contribution in [0.25, 0.3) is 0 Å². The highest BCUT2D eigenvalue weighted by Crippen LogP contribution is 2.17. The first-order valence-electron chi connectivity index (χ1n) is 7.18. The van der Waals surface area contributed by atoms with E-state index in [4.69, 9.17) is 5.73 Å². The van der Waals surface area contributed by atoms with Crippen molar-refractivity contribution in [2.45, 2.75) is 25.9 Å². The molecule has 2 rings (SSSR count). The summed E-state index contributed by atoms with van der Waals surface area (Å²) in [5.74, 6) is 0.838. The lowest BCUT2D eigenvalue weighted by Crippen LogP contribution is -2.35. The molecule has 4 nitrogen and oxygen atoms in total. The highest BCUT2D eigenvalue weighted by molar-refractivity contribution is 5.13. The van der Waals surface area contributed by atoms with Crippen molar-refractivity contribution in [1.82, 2.24) is 14.8 Å². The maximum atomic E-state index is 5.58. The molecule has 106 valence electrons. The summed E-state index contributed by atoms with van der Waals surface area (Å²) in [7, 11) is 4.40. The van der Waals surface area contributed by atoms with Crippen molar-refractivity contribution >= 4 is 0 Å². The molecule has 1 aromatic heterocycles. The minimum atomic E-state index is 0.568. The van der Waals surface area contributed by atoms with E-state index in [1.807, 2.05) is 6.20 Å². The van der Waals surface area contributed by atoms with E-state index in [-0.39, 0.29) is 0 Å². The lowest BCUT2D eigenvalue weighted by molar-refractivity contribution is 0.172. The molecule has 0 spiro atoms. The van der Waals surface area contributed by atoms with Crippen LogP contribution in [0.4, 0.5) is 0 Å². The van der Waals surface area contributed by atoms with Gasteiger partial charge in [0.1, 0.15) is 0 Å². The molecule has 0 saturated carbocycles. The van der Waals surface area contributed by atoms with Crippen molar-refractivity contribution in [2.24, 2.45) is 11.7 Å². The smallest absolute Gasteiger partial charge is 0.0544 e. The van der Waals surface area contributed by atoms with Gasteiger partial charge in [0, 0.05) is 25.8 Å². The highest BCUT2D eigenvalue weighted by Gasteiger charge is 2.18. The fraction of sp³-hybridized carbons (Fsp3) is 0.667. The van der Waals surface area contributed by atoms with E-state index in [0.29, 0.717) is 6.54 Å². The Labute approximate surface area is 116 Å². The summed E-state index contributed by atoms with van der Waals surface area (Å²) in [6.07, 6.45) is 4.53. The predicted molar refractivity (Wildman–Crippen MR) is 78.7 cm³/mol. The van der Waals surface area contributed by atoms with Crippen molar-refractivity contribution in [3.8, 4) is 0 Å². The van der Waals surface area contributed by atoms with Gasteiger partial charge in [-0.05, 0) is 57.6 Å². The van der Waals surface area contributed by atoms with E-state index < -0.39 is 0 Å². The standard InChI is InChI=1S/C15H26N4/c1-18-7-5-13(6-8-18)11-19(2)12-15-4-3-14(9-16)10-17-15/h3-4,10,13H,5-9,11-12,16H2,1-2H3. The quantitative estimate of drug-likeness (QED) is 0.869. The number of hydrogen-bond acceptors (Lipinski definition) is 4. The van der Waals surface area contributed by atoms with Gasteiger partial charge in [-0.3, -0.25) is 4.98 Å². The first kappa shape index (κ1) is 14.4. The zero-order valence-corrected chi connectivity index (χ0v) is 12.2. The molecule has 1 aliphatic heterocycles. The zero-order valence-electron chi connectivity index (χ0n) is 12.2. The summed E-state index contributed by atoms with van der Waals surface area (Å²) in [6, 6.07) is 4.17. The van der Waals surface area contributed by atoms with E-state index >= 15 is 0 Å². The van der Waals surface area contributed by atoms with Crippen LogP contribution in [0.5, 0.6) is 0 Å². The van der Waals surface area contributed by atoms with E-state index in [9.17, 15) is 0 Å². The van der Waals surface area contributed by atoms with Gasteiger partial charge in [-0.2, -0.15) is 0 Å². The Kier molecular flexibility index (Phi) is 5.31. The third-order valence-corrected chi connectivity index (χ3v) is 3.96. The Hall–Kier alpha value is -0.970. The molecule has 0 aliphatic carbocycles. The van der Waals surface area contributed by atoms with Gasteiger partial charge in [-0.15, -0.1) is 0 Å². The Morgan fingerprint density at radius 1 is 1.37 bits per heavy atom. The largest absolute Gasteiger partial charge is 0.326 e. The van der Waals surface area contributed by atoms with Crippen LogP contribution in [0.3, 0.4) is 0 Å². The first-order valence-corrected chi connectivity index (χ1v) is 7.18. The van der Waals surface area contributed by atoms with Gasteiger partial charge in [0.25, 0.3) is 0 Å². The summed E-state index contributed by atoms with van der Waals surface area (Å²) >= 11 is 0. The molecule has 0 unspecified atom stereocenters. The Balaban J connectivity index is 1.78. The molecule has 1 saturated heterocycles. The van der Waals surface area contributed by atoms with Gasteiger partial charge in [-0.1, -0.05) is 6.07 Å². The monoisotopic (exact) mass is 262 g/mol. The minimum absolute atomic E-state index is 0.568. The van der Waals surface area contributed by atoms with Gasteiger partial charge in [0.05, 0.1) is 5.69 Å². The van der Waals surface area contributed by atoms with Crippen LogP contribution >= 0.6 is 0 Å². The van der Waals surface area contributed by atoms with E-state index in [1.165, 1.54) is 32.5 Å². The maximum absolute atomic E-state index is 5.58. The van der Waals surface area contributed by atoms with Gasteiger partial charge in [-0.25, -0.2) is 0 Å². The average molecular weight is 262 g/mol. The minimum Gasteiger partial charge on any atom is -0.326 e. The second-order valence-electron chi connectivity index (χ2n) is 5.81. The number of nitrogens with zero attached hydrogens (tertiary/aromatic N) is 3. The van der Waals surface area contributed by atoms with Crippen LogP contribution in [-0.4, -0.2) is 48.5 Å². The van der Waals surface area contributed by atoms with Crippen molar-refractivity contribution in [2.75, 3.05) is 33.7 Å². The van der Waals surface area contributed by atoms with Crippen LogP contribution in [0.2, 0.25) is 0 Å². The van der Waals surface area contributed by atoms with E-state index in [1.54, 1.807) is 0 Å². The third-order valence-electron chi connectivity index (χ3n) is 3.96. The number of rotatable bonds is 5. The van der Waals surface area contributed by atoms with Crippen molar-refractivity contribution in [1.29, 1.82) is 0 Å². The number of likely N-dealkylation sites (tertiary alicyclic amines) is 1. The van der Waals surface area contributed by atoms with Gasteiger partial charge >= 0.3 is 0 Å². The fourth-order valence-corrected chi connectivity index (χ4v) is 2.70. The van der Waals surface area contributed by atoms with Crippen LogP contribution in [0.15, 0.2) is 18.3 Å². The lowest BCUT2D eigenvalue weighted by Gasteiger charge is -2.31. The number of pyridine rings is 1. The van der Waals surface area contributed by atoms with Gasteiger partial charge in [0.15, 0.2) is 0 Å². The molecule has 0 aromatic carbocycles. The van der Waals surface area contributed by atoms with Crippen LogP contribution in [-0.2, 0) is 13.1 Å². The number of aromatic nitrogens is 1. The molecule has 4 heteroatoms. The molecule has 2 heterocycles. The van der Waals surface area contributed by atoms with Crippen molar-refractivity contribution in [3.63, 3.8) is 0 Å². The second-order valence-corrected chi connectivity index (χ2v) is 5.81. The van der Waals surface area contributed by atoms with Crippen LogP contribution < -0.4 is 5.73 Å². The Morgan fingerprint density at radius 3 is 2.68 bits per heavy atom. The molecular weight excluding hydrogens is 236 g/mol.